The van der Waals surface area contributed by atoms with E-state index in [0.717, 1.165) is 0 Å². The van der Waals surface area contributed by atoms with E-state index in [2.05, 4.69) is 0 Å². The van der Waals surface area contributed by atoms with Crippen LogP contribution in [-0.2, 0) is 8.92 Å². The standard InChI is InChI=1S/3Ca.2O3Si.5H2O/c;;;2*1-4(2)3;;;;;/h;;;;;5*1H2/q3*+2;2*-2;;;;;/p-2. The smallest absolute Gasteiger partial charge is 0.870 e. The second kappa shape index (κ2) is 64.8. The van der Waals surface area contributed by atoms with Gasteiger partial charge in [0.15, 0.2) is 0 Å². The second-order valence-electron chi connectivity index (χ2n) is 0.500. The summed E-state index contributed by atoms with van der Waals surface area (Å²) in [5.41, 5.74) is 0. The zero-order chi connectivity index (χ0) is 7.15. The molecule has 0 radical (unpaired) electrons. The maximum absolute atomic E-state index is 8.52. The third-order valence-electron chi connectivity index (χ3n) is 0. The van der Waals surface area contributed by atoms with Gasteiger partial charge in [-0.3, -0.25) is 0 Å². The summed E-state index contributed by atoms with van der Waals surface area (Å²) in [5.74, 6) is 0. The van der Waals surface area contributed by atoms with Crippen molar-refractivity contribution in [2.45, 2.75) is 0 Å². The number of rotatable bonds is 0. The SMILES string of the molecule is O.O.O.O=[Si]([O-])[O-].O=[Si]([O-])[O-].[Ca+2].[Ca+2].[Ca+2].[OH-].[OH-]. The van der Waals surface area contributed by atoms with Crippen molar-refractivity contribution in [2.24, 2.45) is 0 Å². The Morgan fingerprint density at radius 2 is 0.562 bits per heavy atom. The summed E-state index contributed by atoms with van der Waals surface area (Å²) in [6, 6.07) is 0. The first kappa shape index (κ1) is 76.9. The average Bonchev–Trinajstić information content (AvgIpc) is 1.25. The molecular weight excluding hydrogens is 352 g/mol. The predicted molar refractivity (Wildman–Crippen MR) is 44.9 cm³/mol. The molecule has 0 unspecified atom stereocenters. The maximum atomic E-state index is 8.52. The van der Waals surface area contributed by atoms with Gasteiger partial charge in [-0.15, -0.1) is 0 Å². The summed E-state index contributed by atoms with van der Waals surface area (Å²) in [7, 11) is -7.26. The van der Waals surface area contributed by atoms with Crippen LogP contribution in [0, 0.1) is 0 Å². The molecule has 0 aliphatic heterocycles. The van der Waals surface area contributed by atoms with Crippen molar-refractivity contribution in [2.75, 3.05) is 0 Å². The molecule has 8 N–H and O–H groups in total. The van der Waals surface area contributed by atoms with Gasteiger partial charge in [0, 0.05) is 18.3 Å². The van der Waals surface area contributed by atoms with E-state index in [0.29, 0.717) is 0 Å². The van der Waals surface area contributed by atoms with E-state index in [4.69, 9.17) is 28.1 Å². The van der Waals surface area contributed by atoms with Gasteiger partial charge in [0.1, 0.15) is 0 Å². The van der Waals surface area contributed by atoms with Crippen molar-refractivity contribution < 1.29 is 55.5 Å². The predicted octanol–water partition coefficient (Wildman–Crippen LogP) is -9.73. The first-order valence-electron chi connectivity index (χ1n) is 1.22. The van der Waals surface area contributed by atoms with Crippen LogP contribution >= 0.6 is 0 Å². The Morgan fingerprint density at radius 3 is 0.562 bits per heavy atom. The number of hydrogen-bond donors (Lipinski definition) is 0. The molecule has 0 saturated heterocycles. The third-order valence-corrected chi connectivity index (χ3v) is 0. The van der Waals surface area contributed by atoms with Crippen molar-refractivity contribution in [1.82, 2.24) is 0 Å². The van der Waals surface area contributed by atoms with E-state index in [1.165, 1.54) is 0 Å². The van der Waals surface area contributed by atoms with Crippen molar-refractivity contribution in [3.63, 3.8) is 0 Å². The molecule has 0 bridgehead atoms. The van der Waals surface area contributed by atoms with E-state index in [1.54, 1.807) is 0 Å². The van der Waals surface area contributed by atoms with Crippen LogP contribution in [0.1, 0.15) is 0 Å². The Balaban J connectivity index is -0.00000000375. The van der Waals surface area contributed by atoms with Gasteiger partial charge in [0.05, 0.1) is 0 Å². The Bertz CT molecular complexity index is 77.2. The Labute approximate surface area is 183 Å². The fourth-order valence-electron chi connectivity index (χ4n) is 0. The number of hydrogen-bond acceptors (Lipinski definition) is 8. The van der Waals surface area contributed by atoms with E-state index < -0.39 is 18.3 Å². The quantitative estimate of drug-likeness (QED) is 0.372. The van der Waals surface area contributed by atoms with Crippen molar-refractivity contribution in [3.05, 3.63) is 0 Å². The van der Waals surface area contributed by atoms with Crippen LogP contribution in [0.3, 0.4) is 0 Å². The average molecular weight is 360 g/mol. The molecule has 0 heterocycles. The third kappa shape index (κ3) is 531. The first-order valence-corrected chi connectivity index (χ1v) is 3.67. The van der Waals surface area contributed by atoms with E-state index in [9.17, 15) is 0 Å². The molecule has 0 fully saturated rings. The normalized spacial score (nSPS) is 3.00. The molecule has 16 heteroatoms. The minimum absolute atomic E-state index is 0. The summed E-state index contributed by atoms with van der Waals surface area (Å²) < 4.78 is 17.0. The fourth-order valence-corrected chi connectivity index (χ4v) is 0. The van der Waals surface area contributed by atoms with Gasteiger partial charge < -0.3 is 55.5 Å². The second-order valence-corrected chi connectivity index (χ2v) is 1.50. The maximum Gasteiger partial charge on any atom is 2.00 e. The molecule has 88 valence electrons. The fraction of sp³-hybridized carbons (Fsp3) is 0. The molecule has 0 aliphatic carbocycles. The molecule has 11 nitrogen and oxygen atoms in total. The summed E-state index contributed by atoms with van der Waals surface area (Å²) in [5, 5.41) is 0. The van der Waals surface area contributed by atoms with Crippen LogP contribution in [-0.4, -0.2) is 159 Å². The van der Waals surface area contributed by atoms with Gasteiger partial charge in [-0.25, -0.2) is 0 Å². The van der Waals surface area contributed by atoms with Crippen LogP contribution < -0.4 is 19.2 Å². The van der Waals surface area contributed by atoms with E-state index in [-0.39, 0.29) is 141 Å². The zero-order valence-corrected chi connectivity index (χ0v) is 16.6. The topological polar surface area (TPSA) is 281 Å². The van der Waals surface area contributed by atoms with Crippen LogP contribution in [0.15, 0.2) is 0 Å². The monoisotopic (exact) mass is 360 g/mol. The molecule has 0 aromatic heterocycles. The molecule has 0 atom stereocenters. The molecule has 0 aromatic carbocycles. The zero-order valence-electron chi connectivity index (χ0n) is 7.97. The summed E-state index contributed by atoms with van der Waals surface area (Å²) in [6.07, 6.45) is 0. The molecular formula is H8Ca3O11Si2. The van der Waals surface area contributed by atoms with Crippen LogP contribution in [0.2, 0.25) is 0 Å². The van der Waals surface area contributed by atoms with Gasteiger partial charge >= 0.3 is 113 Å². The summed E-state index contributed by atoms with van der Waals surface area (Å²) in [6.45, 7) is 0. The van der Waals surface area contributed by atoms with Crippen molar-refractivity contribution in [3.8, 4) is 0 Å². The van der Waals surface area contributed by atoms with Gasteiger partial charge in [0.25, 0.3) is 0 Å². The summed E-state index contributed by atoms with van der Waals surface area (Å²) in [4.78, 5) is 34.1. The minimum atomic E-state index is -3.63. The first-order chi connectivity index (χ1) is 3.46. The van der Waals surface area contributed by atoms with Gasteiger partial charge in [-0.2, -0.15) is 0 Å². The molecule has 0 amide bonds. The summed E-state index contributed by atoms with van der Waals surface area (Å²) >= 11 is 0. The van der Waals surface area contributed by atoms with E-state index >= 15 is 0 Å². The van der Waals surface area contributed by atoms with Crippen molar-refractivity contribution in [1.29, 1.82) is 0 Å². The molecule has 0 aromatic rings. The van der Waals surface area contributed by atoms with Crippen LogP contribution in [0.5, 0.6) is 0 Å². The van der Waals surface area contributed by atoms with E-state index in [1.807, 2.05) is 0 Å². The minimum Gasteiger partial charge on any atom is -0.870 e. The van der Waals surface area contributed by atoms with Crippen LogP contribution in [0.25, 0.3) is 0 Å². The van der Waals surface area contributed by atoms with Gasteiger partial charge in [-0.1, -0.05) is 0 Å². The Hall–Kier alpha value is 2.81. The van der Waals surface area contributed by atoms with Crippen molar-refractivity contribution >= 4 is 132 Å². The van der Waals surface area contributed by atoms with Crippen LogP contribution in [0.4, 0.5) is 0 Å². The molecule has 0 aliphatic rings. The largest absolute Gasteiger partial charge is 2.00 e. The molecule has 16 heavy (non-hydrogen) atoms. The van der Waals surface area contributed by atoms with Gasteiger partial charge in [-0.05, 0) is 0 Å². The molecule has 0 saturated carbocycles. The molecule has 0 spiro atoms. The Kier molecular flexibility index (Phi) is 311. The Morgan fingerprint density at radius 1 is 0.562 bits per heavy atom. The van der Waals surface area contributed by atoms with Gasteiger partial charge in [0.2, 0.25) is 0 Å². The molecule has 0 rings (SSSR count).